The van der Waals surface area contributed by atoms with Crippen molar-refractivity contribution in [2.24, 2.45) is 5.92 Å². The second kappa shape index (κ2) is 8.22. The Morgan fingerprint density at radius 2 is 1.74 bits per heavy atom. The van der Waals surface area contributed by atoms with Crippen molar-refractivity contribution in [2.75, 3.05) is 0 Å². The van der Waals surface area contributed by atoms with Crippen LogP contribution in [0, 0.1) is 5.92 Å². The van der Waals surface area contributed by atoms with Crippen LogP contribution in [0.2, 0.25) is 0 Å². The van der Waals surface area contributed by atoms with E-state index in [4.69, 9.17) is 4.74 Å². The van der Waals surface area contributed by atoms with E-state index in [2.05, 4.69) is 32.9 Å². The van der Waals surface area contributed by atoms with E-state index in [1.807, 2.05) is 19.1 Å². The maximum Gasteiger partial charge on any atom is 0.303 e. The van der Waals surface area contributed by atoms with Crippen molar-refractivity contribution in [3.63, 3.8) is 0 Å². The van der Waals surface area contributed by atoms with Crippen molar-refractivity contribution < 1.29 is 18.3 Å². The molecule has 0 aromatic heterocycles. The molecule has 0 spiro atoms. The fourth-order valence-corrected chi connectivity index (χ4v) is 3.06. The van der Waals surface area contributed by atoms with E-state index in [-0.39, 0.29) is 14.9 Å². The highest BCUT2D eigenvalue weighted by Gasteiger charge is 2.27. The predicted molar refractivity (Wildman–Crippen MR) is 96.8 cm³/mol. The predicted octanol–water partition coefficient (Wildman–Crippen LogP) is 5.64. The zero-order valence-electron chi connectivity index (χ0n) is 14.1. The van der Waals surface area contributed by atoms with Gasteiger partial charge in [-0.1, -0.05) is 52.0 Å². The van der Waals surface area contributed by atoms with Crippen LogP contribution >= 0.6 is 22.6 Å². The number of halogens is 3. The van der Waals surface area contributed by atoms with E-state index in [1.54, 1.807) is 22.6 Å². The van der Waals surface area contributed by atoms with Crippen molar-refractivity contribution in [3.05, 3.63) is 45.1 Å². The van der Waals surface area contributed by atoms with E-state index in [0.717, 1.165) is 5.56 Å². The Bertz CT molecular complexity index is 570. The van der Waals surface area contributed by atoms with Crippen LogP contribution in [0.3, 0.4) is 0 Å². The van der Waals surface area contributed by atoms with Crippen LogP contribution in [0.5, 0.6) is 0 Å². The Hall–Kier alpha value is -0.980. The topological polar surface area (TPSA) is 26.3 Å². The lowest BCUT2D eigenvalue weighted by Crippen LogP contribution is -2.26. The fourth-order valence-electron chi connectivity index (χ4n) is 2.32. The standard InChI is InChI=1S/C18H23F2IO2/c1-11(16(23-12(2)22)15(21)17(19)20)10-13-6-8-14(9-7-13)18(3,4)5/h6-9,11,16H,10H2,1-5H3. The summed E-state index contributed by atoms with van der Waals surface area (Å²) in [6, 6.07) is 8.12. The summed E-state index contributed by atoms with van der Waals surface area (Å²) in [4.78, 5) is 11.2. The lowest BCUT2D eigenvalue weighted by atomic mass is 9.86. The lowest BCUT2D eigenvalue weighted by Gasteiger charge is -2.24. The first-order valence-corrected chi connectivity index (χ1v) is 8.57. The molecule has 1 aromatic rings. The van der Waals surface area contributed by atoms with Gasteiger partial charge in [0.25, 0.3) is 6.08 Å². The molecule has 0 saturated heterocycles. The molecule has 0 aliphatic heterocycles. The molecule has 1 aromatic carbocycles. The summed E-state index contributed by atoms with van der Waals surface area (Å²) in [5.74, 6) is -0.798. The Labute approximate surface area is 150 Å². The van der Waals surface area contributed by atoms with Crippen molar-refractivity contribution in [2.45, 2.75) is 52.6 Å². The summed E-state index contributed by atoms with van der Waals surface area (Å²) in [7, 11) is 0. The molecular weight excluding hydrogens is 413 g/mol. The van der Waals surface area contributed by atoms with Crippen molar-refractivity contribution >= 4 is 28.6 Å². The van der Waals surface area contributed by atoms with Gasteiger partial charge in [0.05, 0.1) is 3.58 Å². The van der Waals surface area contributed by atoms with Crippen molar-refractivity contribution in [1.82, 2.24) is 0 Å². The minimum atomic E-state index is -1.80. The maximum atomic E-state index is 12.9. The number of benzene rings is 1. The first kappa shape index (κ1) is 20.1. The normalized spacial score (nSPS) is 14.1. The zero-order valence-corrected chi connectivity index (χ0v) is 16.3. The second-order valence-electron chi connectivity index (χ2n) is 6.77. The highest BCUT2D eigenvalue weighted by molar-refractivity contribution is 14.1. The van der Waals surface area contributed by atoms with Crippen LogP contribution in [-0.2, 0) is 21.4 Å². The number of carbonyl (C=O) groups excluding carboxylic acids is 1. The van der Waals surface area contributed by atoms with Gasteiger partial charge in [0.15, 0.2) is 0 Å². The largest absolute Gasteiger partial charge is 0.457 e. The molecule has 23 heavy (non-hydrogen) atoms. The third kappa shape index (κ3) is 6.20. The Kier molecular flexibility index (Phi) is 7.17. The van der Waals surface area contributed by atoms with Gasteiger partial charge >= 0.3 is 5.97 Å². The van der Waals surface area contributed by atoms with E-state index >= 15 is 0 Å². The molecule has 2 unspecified atom stereocenters. The van der Waals surface area contributed by atoms with Crippen molar-refractivity contribution in [3.8, 4) is 0 Å². The maximum absolute atomic E-state index is 12.9. The molecule has 128 valence electrons. The minimum Gasteiger partial charge on any atom is -0.457 e. The second-order valence-corrected chi connectivity index (χ2v) is 7.93. The molecule has 0 aliphatic rings. The minimum absolute atomic E-state index is 0.0693. The molecule has 1 rings (SSSR count). The monoisotopic (exact) mass is 436 g/mol. The number of esters is 1. The van der Waals surface area contributed by atoms with Gasteiger partial charge in [0, 0.05) is 12.8 Å². The SMILES string of the molecule is CC(=O)OC(C(I)=C(F)F)C(C)Cc1ccc(C(C)(C)C)cc1. The Balaban J connectivity index is 2.92. The van der Waals surface area contributed by atoms with Gasteiger partial charge < -0.3 is 4.74 Å². The summed E-state index contributed by atoms with van der Waals surface area (Å²) in [5, 5.41) is 0. The van der Waals surface area contributed by atoms with Crippen LogP contribution < -0.4 is 0 Å². The first-order chi connectivity index (χ1) is 10.5. The molecule has 0 amide bonds. The number of hydrogen-bond donors (Lipinski definition) is 0. The zero-order chi connectivity index (χ0) is 17.8. The molecule has 2 nitrogen and oxygen atoms in total. The highest BCUT2D eigenvalue weighted by atomic mass is 127. The molecule has 0 heterocycles. The van der Waals surface area contributed by atoms with Gasteiger partial charge in [0.1, 0.15) is 6.10 Å². The number of rotatable bonds is 5. The Morgan fingerprint density at radius 3 is 2.13 bits per heavy atom. The molecule has 2 atom stereocenters. The van der Waals surface area contributed by atoms with Gasteiger partial charge in [-0.25, -0.2) is 0 Å². The van der Waals surface area contributed by atoms with Gasteiger partial charge in [-0.15, -0.1) is 0 Å². The van der Waals surface area contributed by atoms with Gasteiger partial charge in [-0.3, -0.25) is 4.79 Å². The Morgan fingerprint density at radius 1 is 1.22 bits per heavy atom. The van der Waals surface area contributed by atoms with E-state index in [0.29, 0.717) is 6.42 Å². The molecular formula is C18H23F2IO2. The summed E-state index contributed by atoms with van der Waals surface area (Å²) in [5.41, 5.74) is 2.32. The van der Waals surface area contributed by atoms with E-state index < -0.39 is 18.2 Å². The fraction of sp³-hybridized carbons (Fsp3) is 0.500. The molecule has 0 radical (unpaired) electrons. The smallest absolute Gasteiger partial charge is 0.303 e. The molecule has 0 N–H and O–H groups in total. The molecule has 5 heteroatoms. The quantitative estimate of drug-likeness (QED) is 0.441. The van der Waals surface area contributed by atoms with Crippen LogP contribution in [0.4, 0.5) is 8.78 Å². The molecule has 0 fully saturated rings. The number of hydrogen-bond acceptors (Lipinski definition) is 2. The van der Waals surface area contributed by atoms with Crippen LogP contribution in [0.25, 0.3) is 0 Å². The summed E-state index contributed by atoms with van der Waals surface area (Å²) >= 11 is 1.55. The van der Waals surface area contributed by atoms with E-state index in [9.17, 15) is 13.6 Å². The van der Waals surface area contributed by atoms with Gasteiger partial charge in [-0.05, 0) is 45.6 Å². The molecule has 0 saturated carbocycles. The highest BCUT2D eigenvalue weighted by Crippen LogP contribution is 2.30. The molecule has 0 aliphatic carbocycles. The van der Waals surface area contributed by atoms with Gasteiger partial charge in [-0.2, -0.15) is 8.78 Å². The number of ether oxygens (including phenoxy) is 1. The van der Waals surface area contributed by atoms with E-state index in [1.165, 1.54) is 12.5 Å². The lowest BCUT2D eigenvalue weighted by molar-refractivity contribution is -0.146. The summed E-state index contributed by atoms with van der Waals surface area (Å²) < 4.78 is 30.7. The summed E-state index contributed by atoms with van der Waals surface area (Å²) in [6.07, 6.45) is -2.16. The van der Waals surface area contributed by atoms with Crippen LogP contribution in [0.1, 0.15) is 45.7 Å². The molecule has 0 bridgehead atoms. The first-order valence-electron chi connectivity index (χ1n) is 7.49. The average molecular weight is 436 g/mol. The van der Waals surface area contributed by atoms with Crippen LogP contribution in [0.15, 0.2) is 33.9 Å². The third-order valence-electron chi connectivity index (χ3n) is 3.62. The summed E-state index contributed by atoms with van der Waals surface area (Å²) in [6.45, 7) is 9.46. The third-order valence-corrected chi connectivity index (χ3v) is 4.64. The van der Waals surface area contributed by atoms with Crippen molar-refractivity contribution in [1.29, 1.82) is 0 Å². The van der Waals surface area contributed by atoms with Crippen LogP contribution in [-0.4, -0.2) is 12.1 Å². The van der Waals surface area contributed by atoms with Gasteiger partial charge in [0.2, 0.25) is 0 Å². The number of carbonyl (C=O) groups is 1. The average Bonchev–Trinajstić information content (AvgIpc) is 2.43.